The van der Waals surface area contributed by atoms with Crippen molar-refractivity contribution in [1.29, 1.82) is 0 Å². The van der Waals surface area contributed by atoms with Crippen LogP contribution in [0.2, 0.25) is 0 Å². The highest BCUT2D eigenvalue weighted by Crippen LogP contribution is 2.34. The van der Waals surface area contributed by atoms with Crippen molar-refractivity contribution in [3.8, 4) is 11.5 Å². The van der Waals surface area contributed by atoms with Gasteiger partial charge < -0.3 is 18.9 Å². The monoisotopic (exact) mass is 329 g/mol. The van der Waals surface area contributed by atoms with E-state index in [0.717, 1.165) is 19.3 Å². The quantitative estimate of drug-likeness (QED) is 0.841. The van der Waals surface area contributed by atoms with Gasteiger partial charge in [-0.2, -0.15) is 4.98 Å². The minimum absolute atomic E-state index is 0.0925. The molecule has 1 aromatic carbocycles. The smallest absolute Gasteiger partial charge is 0.267 e. The summed E-state index contributed by atoms with van der Waals surface area (Å²) in [4.78, 5) is 19.1. The van der Waals surface area contributed by atoms with Crippen molar-refractivity contribution in [2.75, 3.05) is 13.2 Å². The molecule has 2 aliphatic rings. The van der Waals surface area contributed by atoms with E-state index < -0.39 is 6.10 Å². The van der Waals surface area contributed by atoms with E-state index in [0.29, 0.717) is 29.8 Å². The summed E-state index contributed by atoms with van der Waals surface area (Å²) >= 11 is 0. The number of hydrogen-bond donors (Lipinski definition) is 0. The lowest BCUT2D eigenvalue weighted by Crippen LogP contribution is -2.49. The zero-order valence-corrected chi connectivity index (χ0v) is 13.5. The van der Waals surface area contributed by atoms with E-state index in [9.17, 15) is 4.79 Å². The largest absolute Gasteiger partial charge is 0.485 e. The second kappa shape index (κ2) is 6.14. The lowest BCUT2D eigenvalue weighted by molar-refractivity contribution is -0.145. The van der Waals surface area contributed by atoms with Gasteiger partial charge in [0.2, 0.25) is 12.0 Å². The standard InChI is InChI=1S/C17H19N3O4/c1-11-18-16(24-19-11)12-6-4-5-9-20(12)17(21)15-10-22-13-7-2-3-8-14(13)23-15/h2-3,7-8,12,15H,4-6,9-10H2,1H3. The number of hydrogen-bond acceptors (Lipinski definition) is 6. The molecule has 3 heterocycles. The number of amides is 1. The van der Waals surface area contributed by atoms with Gasteiger partial charge in [0.25, 0.3) is 5.91 Å². The van der Waals surface area contributed by atoms with Gasteiger partial charge in [-0.05, 0) is 38.3 Å². The van der Waals surface area contributed by atoms with Gasteiger partial charge in [0.1, 0.15) is 12.6 Å². The molecule has 0 N–H and O–H groups in total. The Kier molecular flexibility index (Phi) is 3.84. The number of aryl methyl sites for hydroxylation is 1. The summed E-state index contributed by atoms with van der Waals surface area (Å²) < 4.78 is 16.8. The molecule has 1 aromatic heterocycles. The Labute approximate surface area is 139 Å². The number of benzene rings is 1. The van der Waals surface area contributed by atoms with Crippen molar-refractivity contribution in [1.82, 2.24) is 15.0 Å². The molecule has 1 fully saturated rings. The van der Waals surface area contributed by atoms with Crippen molar-refractivity contribution in [2.45, 2.75) is 38.3 Å². The third kappa shape index (κ3) is 2.70. The fourth-order valence-electron chi connectivity index (χ4n) is 3.23. The van der Waals surface area contributed by atoms with Crippen molar-refractivity contribution in [3.05, 3.63) is 36.0 Å². The van der Waals surface area contributed by atoms with Crippen LogP contribution in [0.3, 0.4) is 0 Å². The molecule has 2 aliphatic heterocycles. The van der Waals surface area contributed by atoms with E-state index in [1.165, 1.54) is 0 Å². The second-order valence-electron chi connectivity index (χ2n) is 6.09. The fourth-order valence-corrected chi connectivity index (χ4v) is 3.23. The molecule has 1 saturated heterocycles. The van der Waals surface area contributed by atoms with Crippen LogP contribution in [-0.4, -0.2) is 40.2 Å². The third-order valence-electron chi connectivity index (χ3n) is 4.40. The maximum Gasteiger partial charge on any atom is 0.267 e. The van der Waals surface area contributed by atoms with E-state index in [2.05, 4.69) is 10.1 Å². The molecule has 2 aromatic rings. The van der Waals surface area contributed by atoms with E-state index in [1.54, 1.807) is 11.8 Å². The van der Waals surface area contributed by atoms with E-state index in [1.807, 2.05) is 24.3 Å². The van der Waals surface area contributed by atoms with Crippen LogP contribution < -0.4 is 9.47 Å². The Morgan fingerprint density at radius 2 is 2.08 bits per heavy atom. The lowest BCUT2D eigenvalue weighted by Gasteiger charge is -2.36. The summed E-state index contributed by atoms with van der Waals surface area (Å²) in [6.45, 7) is 2.64. The van der Waals surface area contributed by atoms with E-state index >= 15 is 0 Å². The first-order valence-corrected chi connectivity index (χ1v) is 8.21. The number of likely N-dealkylation sites (tertiary alicyclic amines) is 1. The normalized spacial score (nSPS) is 23.1. The van der Waals surface area contributed by atoms with E-state index in [4.69, 9.17) is 14.0 Å². The minimum atomic E-state index is -0.649. The number of ether oxygens (including phenoxy) is 2. The highest BCUT2D eigenvalue weighted by molar-refractivity contribution is 5.82. The Hall–Kier alpha value is -2.57. The lowest BCUT2D eigenvalue weighted by atomic mass is 10.0. The van der Waals surface area contributed by atoms with Crippen LogP contribution >= 0.6 is 0 Å². The van der Waals surface area contributed by atoms with Crippen molar-refractivity contribution in [3.63, 3.8) is 0 Å². The maximum absolute atomic E-state index is 13.0. The first kappa shape index (κ1) is 15.0. The number of aromatic nitrogens is 2. The molecule has 7 nitrogen and oxygen atoms in total. The van der Waals surface area contributed by atoms with Crippen LogP contribution in [0.4, 0.5) is 0 Å². The molecule has 2 unspecified atom stereocenters. The average Bonchev–Trinajstić information content (AvgIpc) is 3.07. The molecular formula is C17H19N3O4. The number of nitrogens with zero attached hydrogens (tertiary/aromatic N) is 3. The number of carbonyl (C=O) groups is 1. The number of carbonyl (C=O) groups excluding carboxylic acids is 1. The molecule has 1 amide bonds. The summed E-state index contributed by atoms with van der Waals surface area (Å²) in [5, 5.41) is 3.85. The van der Waals surface area contributed by atoms with Gasteiger partial charge in [-0.3, -0.25) is 4.79 Å². The summed E-state index contributed by atoms with van der Waals surface area (Å²) in [6, 6.07) is 7.20. The molecule has 0 saturated carbocycles. The molecule has 2 atom stereocenters. The first-order chi connectivity index (χ1) is 11.7. The average molecular weight is 329 g/mol. The molecule has 0 spiro atoms. The Morgan fingerprint density at radius 3 is 2.88 bits per heavy atom. The Balaban J connectivity index is 1.54. The SMILES string of the molecule is Cc1noc(C2CCCCN2C(=O)C2COc3ccccc3O2)n1. The minimum Gasteiger partial charge on any atom is -0.485 e. The van der Waals surface area contributed by atoms with Crippen molar-refractivity contribution < 1.29 is 18.8 Å². The first-order valence-electron chi connectivity index (χ1n) is 8.21. The van der Waals surface area contributed by atoms with Crippen LogP contribution in [0.25, 0.3) is 0 Å². The molecule has 0 radical (unpaired) electrons. The third-order valence-corrected chi connectivity index (χ3v) is 4.40. The second-order valence-corrected chi connectivity index (χ2v) is 6.09. The topological polar surface area (TPSA) is 77.7 Å². The van der Waals surface area contributed by atoms with Gasteiger partial charge >= 0.3 is 0 Å². The van der Waals surface area contributed by atoms with E-state index in [-0.39, 0.29) is 18.6 Å². The van der Waals surface area contributed by atoms with Crippen molar-refractivity contribution in [2.24, 2.45) is 0 Å². The maximum atomic E-state index is 13.0. The van der Waals surface area contributed by atoms with Crippen molar-refractivity contribution >= 4 is 5.91 Å². The summed E-state index contributed by atoms with van der Waals surface area (Å²) in [7, 11) is 0. The predicted molar refractivity (Wildman–Crippen MR) is 83.7 cm³/mol. The highest BCUT2D eigenvalue weighted by Gasteiger charge is 2.38. The van der Waals surface area contributed by atoms with Gasteiger partial charge in [0, 0.05) is 6.54 Å². The number of piperidine rings is 1. The molecular weight excluding hydrogens is 310 g/mol. The fraction of sp³-hybridized carbons (Fsp3) is 0.471. The van der Waals surface area contributed by atoms with Gasteiger partial charge in [0.15, 0.2) is 17.3 Å². The Bertz CT molecular complexity index is 745. The van der Waals surface area contributed by atoms with Crippen LogP contribution in [0.5, 0.6) is 11.5 Å². The van der Waals surface area contributed by atoms with Crippen LogP contribution in [-0.2, 0) is 4.79 Å². The van der Waals surface area contributed by atoms with Crippen LogP contribution in [0, 0.1) is 6.92 Å². The van der Waals surface area contributed by atoms with Gasteiger partial charge in [-0.1, -0.05) is 17.3 Å². The van der Waals surface area contributed by atoms with Gasteiger partial charge in [-0.15, -0.1) is 0 Å². The summed E-state index contributed by atoms with van der Waals surface area (Å²) in [5.74, 6) is 2.26. The number of rotatable bonds is 2. The summed E-state index contributed by atoms with van der Waals surface area (Å²) in [6.07, 6.45) is 2.15. The number of para-hydroxylation sites is 2. The molecule has 4 rings (SSSR count). The molecule has 0 aliphatic carbocycles. The van der Waals surface area contributed by atoms with Crippen LogP contribution in [0.15, 0.2) is 28.8 Å². The number of fused-ring (bicyclic) bond motifs is 1. The molecule has 0 bridgehead atoms. The zero-order valence-electron chi connectivity index (χ0n) is 13.5. The van der Waals surface area contributed by atoms with Gasteiger partial charge in [0.05, 0.1) is 0 Å². The van der Waals surface area contributed by atoms with Crippen LogP contribution in [0.1, 0.15) is 37.0 Å². The van der Waals surface area contributed by atoms with Gasteiger partial charge in [-0.25, -0.2) is 0 Å². The predicted octanol–water partition coefficient (Wildman–Crippen LogP) is 2.27. The Morgan fingerprint density at radius 1 is 1.25 bits per heavy atom. The molecule has 24 heavy (non-hydrogen) atoms. The zero-order chi connectivity index (χ0) is 16.5. The summed E-state index contributed by atoms with van der Waals surface area (Å²) in [5.41, 5.74) is 0. The highest BCUT2D eigenvalue weighted by atomic mass is 16.6. The molecule has 126 valence electrons. The molecule has 7 heteroatoms.